The predicted molar refractivity (Wildman–Crippen MR) is 91.3 cm³/mol. The molecule has 1 heterocycles. The Morgan fingerprint density at radius 1 is 1.22 bits per heavy atom. The third-order valence-corrected chi connectivity index (χ3v) is 9.38. The van der Waals surface area contributed by atoms with Crippen molar-refractivity contribution in [1.29, 1.82) is 0 Å². The van der Waals surface area contributed by atoms with Crippen molar-refractivity contribution < 1.29 is 13.2 Å². The van der Waals surface area contributed by atoms with Gasteiger partial charge in [-0.3, -0.25) is 0 Å². The summed E-state index contributed by atoms with van der Waals surface area (Å²) in [5.74, 6) is 2.62. The number of rotatable bonds is 5. The minimum Gasteiger partial charge on any atom is -0.376 e. The fourth-order valence-corrected chi connectivity index (χ4v) is 8.00. The van der Waals surface area contributed by atoms with E-state index in [2.05, 4.69) is 4.72 Å². The third-order valence-electron chi connectivity index (χ3n) is 6.25. The molecule has 1 aromatic rings. The summed E-state index contributed by atoms with van der Waals surface area (Å²) < 4.78 is 34.6. The first-order chi connectivity index (χ1) is 10.9. The number of thiophene rings is 1. The van der Waals surface area contributed by atoms with Gasteiger partial charge in [-0.05, 0) is 67.9 Å². The van der Waals surface area contributed by atoms with Crippen molar-refractivity contribution in [3.63, 3.8) is 0 Å². The van der Waals surface area contributed by atoms with Crippen molar-refractivity contribution in [2.75, 3.05) is 13.7 Å². The van der Waals surface area contributed by atoms with E-state index in [1.807, 2.05) is 0 Å². The fourth-order valence-electron chi connectivity index (χ4n) is 5.40. The Balaban J connectivity index is 1.55. The van der Waals surface area contributed by atoms with Crippen LogP contribution in [0.4, 0.5) is 0 Å². The van der Waals surface area contributed by atoms with Crippen LogP contribution in [0.1, 0.15) is 32.1 Å². The van der Waals surface area contributed by atoms with Crippen LogP contribution in [0, 0.1) is 23.7 Å². The van der Waals surface area contributed by atoms with Gasteiger partial charge in [0.2, 0.25) is 10.0 Å². The summed E-state index contributed by atoms with van der Waals surface area (Å²) in [6.07, 6.45) is 6.12. The summed E-state index contributed by atoms with van der Waals surface area (Å²) >= 11 is 6.96. The number of hydrogen-bond donors (Lipinski definition) is 1. The van der Waals surface area contributed by atoms with Crippen molar-refractivity contribution in [3.05, 3.63) is 16.5 Å². The van der Waals surface area contributed by atoms with Gasteiger partial charge >= 0.3 is 0 Å². The Morgan fingerprint density at radius 3 is 2.30 bits per heavy atom. The zero-order chi connectivity index (χ0) is 16.2. The monoisotopic (exact) mass is 375 g/mol. The molecule has 4 bridgehead atoms. The molecule has 0 aromatic carbocycles. The van der Waals surface area contributed by atoms with Gasteiger partial charge in [0, 0.05) is 13.7 Å². The normalized spacial score (nSPS) is 39.0. The zero-order valence-electron chi connectivity index (χ0n) is 13.1. The van der Waals surface area contributed by atoms with E-state index in [1.54, 1.807) is 19.2 Å². The Morgan fingerprint density at radius 2 is 1.83 bits per heavy atom. The van der Waals surface area contributed by atoms with Crippen molar-refractivity contribution >= 4 is 33.0 Å². The summed E-state index contributed by atoms with van der Waals surface area (Å²) in [6, 6.07) is 3.18. The van der Waals surface area contributed by atoms with Crippen molar-refractivity contribution in [2.45, 2.75) is 41.9 Å². The Bertz CT molecular complexity index is 672. The first kappa shape index (κ1) is 16.3. The molecule has 0 aliphatic heterocycles. The van der Waals surface area contributed by atoms with Crippen molar-refractivity contribution in [1.82, 2.24) is 4.72 Å². The smallest absolute Gasteiger partial charge is 0.250 e. The SMILES string of the molecule is COC1(CNS(=O)(=O)c2ccc(Cl)s2)C2CC3CC(C2)CC1C3. The van der Waals surface area contributed by atoms with Gasteiger partial charge in [-0.1, -0.05) is 11.6 Å². The lowest BCUT2D eigenvalue weighted by Gasteiger charge is -2.60. The van der Waals surface area contributed by atoms with Crippen LogP contribution in [0.5, 0.6) is 0 Å². The quantitative estimate of drug-likeness (QED) is 0.856. The standard InChI is InChI=1S/C16H22ClNO3S2/c1-21-16(9-18-23(19,20)15-3-2-14(17)22-15)12-5-10-4-11(7-12)8-13(16)6-10/h2-3,10-13,18H,4-9H2,1H3. The first-order valence-electron chi connectivity index (χ1n) is 8.23. The van der Waals surface area contributed by atoms with Crippen LogP contribution in [0.15, 0.2) is 16.3 Å². The number of ether oxygens (including phenoxy) is 1. The van der Waals surface area contributed by atoms with Crippen LogP contribution in [0.25, 0.3) is 0 Å². The summed E-state index contributed by atoms with van der Waals surface area (Å²) in [4.78, 5) is 0. The van der Waals surface area contributed by atoms with E-state index >= 15 is 0 Å². The molecule has 4 nitrogen and oxygen atoms in total. The second-order valence-electron chi connectivity index (χ2n) is 7.35. The van der Waals surface area contributed by atoms with Crippen LogP contribution < -0.4 is 4.72 Å². The van der Waals surface area contributed by atoms with Gasteiger partial charge in [0.05, 0.1) is 9.94 Å². The molecule has 4 aliphatic carbocycles. The van der Waals surface area contributed by atoms with Crippen molar-refractivity contribution in [3.8, 4) is 0 Å². The molecular weight excluding hydrogens is 354 g/mol. The molecule has 0 unspecified atom stereocenters. The van der Waals surface area contributed by atoms with Crippen molar-refractivity contribution in [2.24, 2.45) is 23.7 Å². The maximum absolute atomic E-state index is 12.5. The second kappa shape index (κ2) is 5.70. The highest BCUT2D eigenvalue weighted by Crippen LogP contribution is 2.59. The Labute approximate surface area is 146 Å². The van der Waals surface area contributed by atoms with Crippen LogP contribution in [-0.2, 0) is 14.8 Å². The van der Waals surface area contributed by atoms with Gasteiger partial charge in [-0.25, -0.2) is 13.1 Å². The van der Waals surface area contributed by atoms with Crippen LogP contribution >= 0.6 is 22.9 Å². The molecule has 0 radical (unpaired) electrons. The highest BCUT2D eigenvalue weighted by molar-refractivity contribution is 7.91. The molecule has 1 aromatic heterocycles. The van der Waals surface area contributed by atoms with Gasteiger partial charge in [0.1, 0.15) is 4.21 Å². The average Bonchev–Trinajstić information content (AvgIpc) is 2.94. The number of hydrogen-bond acceptors (Lipinski definition) is 4. The third kappa shape index (κ3) is 2.67. The van der Waals surface area contributed by atoms with Gasteiger partial charge in [0.15, 0.2) is 0 Å². The molecule has 4 fully saturated rings. The molecule has 7 heteroatoms. The summed E-state index contributed by atoms with van der Waals surface area (Å²) in [5, 5.41) is 0. The minimum absolute atomic E-state index is 0.276. The molecular formula is C16H22ClNO3S2. The van der Waals surface area contributed by atoms with Gasteiger partial charge in [-0.2, -0.15) is 0 Å². The van der Waals surface area contributed by atoms with Gasteiger partial charge < -0.3 is 4.74 Å². The molecule has 4 aliphatic rings. The highest BCUT2D eigenvalue weighted by Gasteiger charge is 2.57. The van der Waals surface area contributed by atoms with Crippen LogP contribution in [0.2, 0.25) is 4.34 Å². The highest BCUT2D eigenvalue weighted by atomic mass is 35.5. The molecule has 5 rings (SSSR count). The number of nitrogens with one attached hydrogen (secondary N) is 1. The van der Waals surface area contributed by atoms with E-state index in [4.69, 9.17) is 16.3 Å². The molecule has 23 heavy (non-hydrogen) atoms. The average molecular weight is 376 g/mol. The molecule has 128 valence electrons. The number of halogens is 1. The molecule has 1 N–H and O–H groups in total. The minimum atomic E-state index is -3.52. The number of sulfonamides is 1. The molecule has 0 atom stereocenters. The maximum atomic E-state index is 12.5. The van der Waals surface area contributed by atoms with E-state index in [9.17, 15) is 8.42 Å². The lowest BCUT2D eigenvalue weighted by Crippen LogP contribution is -2.63. The van der Waals surface area contributed by atoms with Gasteiger partial charge in [0.25, 0.3) is 0 Å². The predicted octanol–water partition coefficient (Wildman–Crippen LogP) is 3.52. The molecule has 0 saturated heterocycles. The molecule has 0 spiro atoms. The summed E-state index contributed by atoms with van der Waals surface area (Å²) in [6.45, 7) is 0.371. The maximum Gasteiger partial charge on any atom is 0.250 e. The lowest BCUT2D eigenvalue weighted by molar-refractivity contribution is -0.185. The topological polar surface area (TPSA) is 55.4 Å². The lowest BCUT2D eigenvalue weighted by atomic mass is 9.50. The second-order valence-corrected chi connectivity index (χ2v) is 11.1. The summed E-state index contributed by atoms with van der Waals surface area (Å²) in [5.41, 5.74) is -0.332. The van der Waals surface area contributed by atoms with E-state index in [0.717, 1.165) is 23.2 Å². The Hall–Kier alpha value is -0.140. The largest absolute Gasteiger partial charge is 0.376 e. The van der Waals surface area contributed by atoms with E-state index in [0.29, 0.717) is 22.7 Å². The molecule has 0 amide bonds. The van der Waals surface area contributed by atoms with Gasteiger partial charge in [-0.15, -0.1) is 11.3 Å². The van der Waals surface area contributed by atoms with Crippen LogP contribution in [-0.4, -0.2) is 27.7 Å². The molecule has 4 saturated carbocycles. The summed E-state index contributed by atoms with van der Waals surface area (Å²) in [7, 11) is -1.77. The van der Waals surface area contributed by atoms with E-state index < -0.39 is 10.0 Å². The van der Waals surface area contributed by atoms with Crippen LogP contribution in [0.3, 0.4) is 0 Å². The fraction of sp³-hybridized carbons (Fsp3) is 0.750. The number of methoxy groups -OCH3 is 1. The zero-order valence-corrected chi connectivity index (χ0v) is 15.5. The van der Waals surface area contributed by atoms with E-state index in [-0.39, 0.29) is 9.81 Å². The Kier molecular flexibility index (Phi) is 4.05. The first-order valence-corrected chi connectivity index (χ1v) is 10.9. The van der Waals surface area contributed by atoms with E-state index in [1.165, 1.54) is 32.1 Å².